The van der Waals surface area contributed by atoms with Crippen LogP contribution < -0.4 is 5.32 Å². The van der Waals surface area contributed by atoms with Gasteiger partial charge in [0.05, 0.1) is 11.3 Å². The number of ketones is 1. The third kappa shape index (κ3) is 5.46. The molecule has 0 aromatic heterocycles. The van der Waals surface area contributed by atoms with E-state index in [4.69, 9.17) is 4.74 Å². The molecule has 3 rings (SSSR count). The van der Waals surface area contributed by atoms with Gasteiger partial charge in [0.2, 0.25) is 5.91 Å². The Morgan fingerprint density at radius 1 is 1.24 bits per heavy atom. The number of hydrogen-bond donors (Lipinski definition) is 3. The van der Waals surface area contributed by atoms with Gasteiger partial charge in [-0.2, -0.15) is 8.42 Å². The lowest BCUT2D eigenvalue weighted by atomic mass is 10.0. The van der Waals surface area contributed by atoms with Crippen LogP contribution >= 0.6 is 11.8 Å². The van der Waals surface area contributed by atoms with E-state index in [0.717, 1.165) is 22.7 Å². The van der Waals surface area contributed by atoms with Crippen LogP contribution in [0, 0.1) is 0 Å². The van der Waals surface area contributed by atoms with Crippen molar-refractivity contribution in [1.29, 1.82) is 0 Å². The number of nitrogens with one attached hydrogen (secondary N) is 1. The lowest BCUT2D eigenvalue weighted by molar-refractivity contribution is -0.151. The van der Waals surface area contributed by atoms with Crippen LogP contribution in [0.2, 0.25) is 0 Å². The van der Waals surface area contributed by atoms with Gasteiger partial charge in [0.15, 0.2) is 0 Å². The Morgan fingerprint density at radius 3 is 2.53 bits per heavy atom. The van der Waals surface area contributed by atoms with Crippen LogP contribution in [0.15, 0.2) is 40.4 Å². The average molecular weight is 513 g/mol. The molecule has 2 aliphatic rings. The number of ether oxygens (including phenoxy) is 1. The number of carboxylic acids is 1. The number of benzene rings is 1. The summed E-state index contributed by atoms with van der Waals surface area (Å²) < 4.78 is 37.2. The molecule has 2 atom stereocenters. The number of Topliss-reactive ketones (excluding diaryl/α,β-unsaturated/α-hetero) is 1. The Labute approximate surface area is 198 Å². The van der Waals surface area contributed by atoms with E-state index < -0.39 is 75.4 Å². The Morgan fingerprint density at radius 2 is 1.91 bits per heavy atom. The monoisotopic (exact) mass is 512 g/mol. The first-order valence-electron chi connectivity index (χ1n) is 9.80. The highest BCUT2D eigenvalue weighted by molar-refractivity contribution is 8.00. The predicted molar refractivity (Wildman–Crippen MR) is 116 cm³/mol. The molecule has 14 heteroatoms. The van der Waals surface area contributed by atoms with Gasteiger partial charge in [0.1, 0.15) is 35.9 Å². The van der Waals surface area contributed by atoms with Crippen LogP contribution in [0.1, 0.15) is 18.9 Å². The molecule has 0 bridgehead atoms. The lowest BCUT2D eigenvalue weighted by Crippen LogP contribution is -2.70. The normalized spacial score (nSPS) is 19.7. The van der Waals surface area contributed by atoms with Crippen LogP contribution in [0.25, 0.3) is 0 Å². The number of nitrogens with zero attached hydrogens (tertiary/aromatic N) is 1. The summed E-state index contributed by atoms with van der Waals surface area (Å²) >= 11 is 1.15. The number of hydrogen-bond acceptors (Lipinski definition) is 9. The van der Waals surface area contributed by atoms with Crippen molar-refractivity contribution in [2.24, 2.45) is 0 Å². The molecule has 182 valence electrons. The summed E-state index contributed by atoms with van der Waals surface area (Å²) in [4.78, 5) is 60.1. The van der Waals surface area contributed by atoms with Crippen molar-refractivity contribution >= 4 is 51.4 Å². The van der Waals surface area contributed by atoms with E-state index in [-0.39, 0.29) is 22.6 Å². The first-order chi connectivity index (χ1) is 15.9. The number of esters is 1. The van der Waals surface area contributed by atoms with E-state index in [1.165, 1.54) is 25.1 Å². The van der Waals surface area contributed by atoms with E-state index in [1.807, 2.05) is 0 Å². The van der Waals surface area contributed by atoms with Gasteiger partial charge < -0.3 is 15.2 Å². The van der Waals surface area contributed by atoms with Gasteiger partial charge in [-0.05, 0) is 18.6 Å². The first-order valence-corrected chi connectivity index (χ1v) is 12.3. The minimum absolute atomic E-state index is 0.0307. The quantitative estimate of drug-likeness (QED) is 0.171. The van der Waals surface area contributed by atoms with Crippen molar-refractivity contribution in [1.82, 2.24) is 10.2 Å². The molecule has 0 radical (unpaired) electrons. The van der Waals surface area contributed by atoms with E-state index in [1.54, 1.807) is 0 Å². The van der Waals surface area contributed by atoms with Gasteiger partial charge in [-0.25, -0.2) is 4.79 Å². The van der Waals surface area contributed by atoms with Crippen molar-refractivity contribution in [2.45, 2.75) is 36.1 Å². The maximum atomic E-state index is 12.7. The molecule has 12 nitrogen and oxygen atoms in total. The third-order valence-electron chi connectivity index (χ3n) is 4.97. The van der Waals surface area contributed by atoms with Crippen molar-refractivity contribution in [3.63, 3.8) is 0 Å². The van der Waals surface area contributed by atoms with Gasteiger partial charge in [0, 0.05) is 11.3 Å². The minimum atomic E-state index is -4.56. The highest BCUT2D eigenvalue weighted by Crippen LogP contribution is 2.40. The van der Waals surface area contributed by atoms with Gasteiger partial charge in [-0.3, -0.25) is 28.6 Å². The summed E-state index contributed by atoms with van der Waals surface area (Å²) in [5, 5.41) is 11.4. The van der Waals surface area contributed by atoms with Gasteiger partial charge in [-0.1, -0.05) is 18.2 Å². The maximum absolute atomic E-state index is 12.7. The third-order valence-corrected chi connectivity index (χ3v) is 7.26. The first kappa shape index (κ1) is 25.4. The molecule has 34 heavy (non-hydrogen) atoms. The second-order valence-electron chi connectivity index (χ2n) is 7.51. The highest BCUT2D eigenvalue weighted by atomic mass is 32.2. The SMILES string of the molecule is CC(=O)CC(=O)OCC1=C(C(=O)O)N2C(=O)[C@@H](NC(=O)Cc3ccccc3S(=O)(=O)O)[C@H]2SC1. The van der Waals surface area contributed by atoms with Crippen LogP contribution in [0.4, 0.5) is 0 Å². The zero-order valence-electron chi connectivity index (χ0n) is 17.7. The Bertz CT molecular complexity index is 1210. The average Bonchev–Trinajstić information content (AvgIpc) is 2.74. The number of carbonyl (C=O) groups is 5. The number of aliphatic carboxylic acids is 1. The molecule has 1 aromatic rings. The van der Waals surface area contributed by atoms with Crippen molar-refractivity contribution in [3.8, 4) is 0 Å². The molecule has 2 amide bonds. The molecule has 1 fully saturated rings. The number of amides is 2. The summed E-state index contributed by atoms with van der Waals surface area (Å²) in [6.45, 7) is 0.805. The zero-order chi connectivity index (χ0) is 25.2. The number of carbonyl (C=O) groups excluding carboxylic acids is 4. The molecule has 1 aromatic carbocycles. The van der Waals surface area contributed by atoms with E-state index in [2.05, 4.69) is 5.32 Å². The molecule has 0 spiro atoms. The number of thioether (sulfide) groups is 1. The predicted octanol–water partition coefficient (Wildman–Crippen LogP) is -0.263. The summed E-state index contributed by atoms with van der Waals surface area (Å²) in [5.74, 6) is -3.93. The number of β-lactam (4-membered cyclic amide) rings is 1. The second-order valence-corrected chi connectivity index (χ2v) is 10.0. The van der Waals surface area contributed by atoms with Crippen LogP contribution in [-0.4, -0.2) is 76.3 Å². The minimum Gasteiger partial charge on any atom is -0.477 e. The molecule has 2 heterocycles. The fourth-order valence-corrected chi connectivity index (χ4v) is 5.56. The van der Waals surface area contributed by atoms with Gasteiger partial charge >= 0.3 is 11.9 Å². The van der Waals surface area contributed by atoms with Gasteiger partial charge in [-0.15, -0.1) is 11.8 Å². The largest absolute Gasteiger partial charge is 0.477 e. The fraction of sp³-hybridized carbons (Fsp3) is 0.350. The van der Waals surface area contributed by atoms with Crippen LogP contribution in [-0.2, 0) is 45.2 Å². The van der Waals surface area contributed by atoms with Gasteiger partial charge in [0.25, 0.3) is 16.0 Å². The summed E-state index contributed by atoms with van der Waals surface area (Å²) in [7, 11) is -4.56. The number of rotatable bonds is 9. The fourth-order valence-electron chi connectivity index (χ4n) is 3.52. The second kappa shape index (κ2) is 9.95. The number of carboxylic acid groups (broad SMARTS) is 1. The standard InChI is InChI=1S/C20H20N2O10S2/c1-10(23)6-15(25)32-8-12-9-33-19-16(18(26)22(19)17(12)20(27)28)21-14(24)7-11-4-2-3-5-13(11)34(29,30)31/h2-5,16,19H,6-9H2,1H3,(H,21,24)(H,27,28)(H,29,30,31)/t16-,19-/m1/s1. The Hall–Kier alpha value is -3.23. The molecule has 0 saturated carbocycles. The maximum Gasteiger partial charge on any atom is 0.352 e. The summed E-state index contributed by atoms with van der Waals surface area (Å²) in [6.07, 6.45) is -0.890. The van der Waals surface area contributed by atoms with Crippen LogP contribution in [0.5, 0.6) is 0 Å². The summed E-state index contributed by atoms with van der Waals surface area (Å²) in [5.41, 5.74) is -0.152. The lowest BCUT2D eigenvalue weighted by Gasteiger charge is -2.49. The van der Waals surface area contributed by atoms with E-state index in [9.17, 15) is 42.0 Å². The van der Waals surface area contributed by atoms with Crippen molar-refractivity contribution in [2.75, 3.05) is 12.4 Å². The van der Waals surface area contributed by atoms with Crippen molar-refractivity contribution < 1.29 is 46.8 Å². The molecular formula is C20H20N2O10S2. The van der Waals surface area contributed by atoms with E-state index in [0.29, 0.717) is 0 Å². The summed E-state index contributed by atoms with van der Waals surface area (Å²) in [6, 6.07) is 4.30. The molecule has 1 saturated heterocycles. The highest BCUT2D eigenvalue weighted by Gasteiger charge is 2.54. The molecular weight excluding hydrogens is 492 g/mol. The smallest absolute Gasteiger partial charge is 0.352 e. The number of fused-ring (bicyclic) bond motifs is 1. The molecule has 3 N–H and O–H groups in total. The van der Waals surface area contributed by atoms with E-state index >= 15 is 0 Å². The molecule has 0 aliphatic carbocycles. The zero-order valence-corrected chi connectivity index (χ0v) is 19.3. The topological polar surface area (TPSA) is 184 Å². The molecule has 0 unspecified atom stereocenters. The Kier molecular flexibility index (Phi) is 7.43. The van der Waals surface area contributed by atoms with Crippen LogP contribution in [0.3, 0.4) is 0 Å². The molecule has 2 aliphatic heterocycles. The van der Waals surface area contributed by atoms with Crippen molar-refractivity contribution in [3.05, 3.63) is 41.1 Å². The Balaban J connectivity index is 1.70.